The Morgan fingerprint density at radius 1 is 1.02 bits per heavy atom. The fraction of sp³-hybridized carbons (Fsp3) is 0.433. The van der Waals surface area contributed by atoms with Gasteiger partial charge in [0.15, 0.2) is 0 Å². The molecule has 1 amide bonds. The summed E-state index contributed by atoms with van der Waals surface area (Å²) in [5.74, 6) is 1.70. The number of benzene rings is 1. The molecule has 41 heavy (non-hydrogen) atoms. The Morgan fingerprint density at radius 3 is 2.59 bits per heavy atom. The number of anilines is 2. The Kier molecular flexibility index (Phi) is 7.93. The van der Waals surface area contributed by atoms with Gasteiger partial charge in [-0.1, -0.05) is 0 Å². The van der Waals surface area contributed by atoms with Crippen LogP contribution < -0.4 is 14.8 Å². The number of rotatable bonds is 7. The quantitative estimate of drug-likeness (QED) is 0.453. The van der Waals surface area contributed by atoms with Crippen LogP contribution in [0, 0.1) is 11.3 Å². The number of carbonyl (C=O) groups excluding carboxylic acids is 1. The van der Waals surface area contributed by atoms with E-state index in [4.69, 9.17) is 18.9 Å². The van der Waals surface area contributed by atoms with Crippen LogP contribution in [-0.4, -0.2) is 77.5 Å². The van der Waals surface area contributed by atoms with Crippen LogP contribution in [0.15, 0.2) is 42.7 Å². The molecular formula is C30H32N6O5. The molecule has 3 saturated heterocycles. The summed E-state index contributed by atoms with van der Waals surface area (Å²) in [6, 6.07) is 13.1. The van der Waals surface area contributed by atoms with E-state index in [0.717, 1.165) is 37.7 Å². The zero-order chi connectivity index (χ0) is 28.2. The Balaban J connectivity index is 1.19. The van der Waals surface area contributed by atoms with Crippen molar-refractivity contribution in [2.24, 2.45) is 0 Å². The first-order valence-electron chi connectivity index (χ1n) is 14.0. The Bertz CT molecular complexity index is 1430. The molecule has 3 fully saturated rings. The molecule has 0 aliphatic carbocycles. The number of morpholine rings is 1. The summed E-state index contributed by atoms with van der Waals surface area (Å²) in [5.41, 5.74) is 2.26. The van der Waals surface area contributed by atoms with E-state index < -0.39 is 0 Å². The minimum atomic E-state index is -0.0826. The van der Waals surface area contributed by atoms with Crippen LogP contribution >= 0.6 is 0 Å². The fourth-order valence-electron chi connectivity index (χ4n) is 5.70. The number of pyridine rings is 1. The minimum absolute atomic E-state index is 0.0382. The first-order valence-corrected chi connectivity index (χ1v) is 14.0. The molecule has 0 saturated carbocycles. The van der Waals surface area contributed by atoms with Gasteiger partial charge in [-0.3, -0.25) is 4.79 Å². The van der Waals surface area contributed by atoms with E-state index in [0.29, 0.717) is 60.6 Å². The summed E-state index contributed by atoms with van der Waals surface area (Å²) >= 11 is 0. The van der Waals surface area contributed by atoms with Crippen LogP contribution in [0.25, 0.3) is 11.3 Å². The molecule has 11 nitrogen and oxygen atoms in total. The summed E-state index contributed by atoms with van der Waals surface area (Å²) in [6.07, 6.45) is 6.07. The maximum absolute atomic E-state index is 13.5. The van der Waals surface area contributed by atoms with E-state index in [1.54, 1.807) is 24.3 Å². The molecule has 6 rings (SSSR count). The topological polar surface area (TPSA) is 132 Å². The summed E-state index contributed by atoms with van der Waals surface area (Å²) in [6.45, 7) is 2.45. The lowest BCUT2D eigenvalue weighted by atomic mass is 9.93. The molecular weight excluding hydrogens is 524 g/mol. The number of nitrogens with zero attached hydrogens (tertiary/aromatic N) is 5. The highest BCUT2D eigenvalue weighted by molar-refractivity contribution is 5.97. The van der Waals surface area contributed by atoms with Crippen molar-refractivity contribution < 1.29 is 23.7 Å². The van der Waals surface area contributed by atoms with Crippen molar-refractivity contribution in [3.63, 3.8) is 0 Å². The van der Waals surface area contributed by atoms with Crippen LogP contribution in [-0.2, 0) is 9.47 Å². The maximum Gasteiger partial charge on any atom is 0.260 e. The van der Waals surface area contributed by atoms with Gasteiger partial charge in [0.2, 0.25) is 5.88 Å². The second kappa shape index (κ2) is 12.1. The number of methoxy groups -OCH3 is 1. The number of fused-ring (bicyclic) bond motifs is 2. The number of ether oxygens (including phenoxy) is 4. The summed E-state index contributed by atoms with van der Waals surface area (Å²) < 4.78 is 22.7. The van der Waals surface area contributed by atoms with Crippen LogP contribution in [0.4, 0.5) is 11.6 Å². The molecule has 1 aromatic carbocycles. The molecule has 2 atom stereocenters. The molecule has 1 N–H and O–H groups in total. The molecule has 11 heteroatoms. The molecule has 5 heterocycles. The average molecular weight is 557 g/mol. The van der Waals surface area contributed by atoms with Crippen LogP contribution in [0.2, 0.25) is 0 Å². The lowest BCUT2D eigenvalue weighted by molar-refractivity contribution is -0.0567. The van der Waals surface area contributed by atoms with Crippen molar-refractivity contribution in [2.45, 2.75) is 50.3 Å². The lowest BCUT2D eigenvalue weighted by Gasteiger charge is -2.45. The number of hydrogen-bond donors (Lipinski definition) is 1. The largest absolute Gasteiger partial charge is 0.489 e. The highest BCUT2D eigenvalue weighted by Crippen LogP contribution is 2.32. The van der Waals surface area contributed by atoms with E-state index >= 15 is 0 Å². The molecule has 3 aliphatic heterocycles. The van der Waals surface area contributed by atoms with Crippen LogP contribution in [0.3, 0.4) is 0 Å². The first kappa shape index (κ1) is 26.9. The number of carbonyl (C=O) groups is 1. The number of amides is 1. The monoisotopic (exact) mass is 556 g/mol. The van der Waals surface area contributed by atoms with Gasteiger partial charge in [-0.25, -0.2) is 9.97 Å². The minimum Gasteiger partial charge on any atom is -0.489 e. The molecule has 2 aromatic heterocycles. The zero-order valence-electron chi connectivity index (χ0n) is 22.9. The summed E-state index contributed by atoms with van der Waals surface area (Å²) in [4.78, 5) is 28.8. The SMILES string of the molecule is COc1nc(Nc2cc(-c3ccc(OC4CCOCC4)c(C#N)c3)ncn2)ccc1C(=O)N1C2CCCC1COC2. The van der Waals surface area contributed by atoms with Crippen LogP contribution in [0.1, 0.15) is 48.0 Å². The van der Waals surface area contributed by atoms with Crippen molar-refractivity contribution in [3.05, 3.63) is 53.9 Å². The molecule has 0 radical (unpaired) electrons. The Hall–Kier alpha value is -4.27. The van der Waals surface area contributed by atoms with E-state index in [-0.39, 0.29) is 30.0 Å². The summed E-state index contributed by atoms with van der Waals surface area (Å²) in [7, 11) is 1.51. The number of piperidine rings is 1. The molecule has 212 valence electrons. The van der Waals surface area contributed by atoms with E-state index in [2.05, 4.69) is 26.3 Å². The van der Waals surface area contributed by atoms with Gasteiger partial charge in [-0.2, -0.15) is 10.2 Å². The van der Waals surface area contributed by atoms with E-state index in [1.807, 2.05) is 17.0 Å². The predicted octanol–water partition coefficient (Wildman–Crippen LogP) is 4.11. The third kappa shape index (κ3) is 5.80. The highest BCUT2D eigenvalue weighted by Gasteiger charge is 2.39. The molecule has 3 aliphatic rings. The number of nitrogens with one attached hydrogen (secondary N) is 1. The molecule has 3 aromatic rings. The predicted molar refractivity (Wildman–Crippen MR) is 149 cm³/mol. The van der Waals surface area contributed by atoms with Crippen molar-refractivity contribution >= 4 is 17.5 Å². The van der Waals surface area contributed by atoms with Gasteiger partial charge in [-0.05, 0) is 49.6 Å². The Morgan fingerprint density at radius 2 is 1.83 bits per heavy atom. The number of aromatic nitrogens is 3. The average Bonchev–Trinajstić information content (AvgIpc) is 3.01. The normalized spacial score (nSPS) is 20.6. The van der Waals surface area contributed by atoms with Crippen molar-refractivity contribution in [1.82, 2.24) is 19.9 Å². The highest BCUT2D eigenvalue weighted by atomic mass is 16.5. The fourth-order valence-corrected chi connectivity index (χ4v) is 5.70. The third-order valence-electron chi connectivity index (χ3n) is 7.78. The first-order chi connectivity index (χ1) is 20.1. The molecule has 0 spiro atoms. The standard InChI is InChI=1S/C30H32N6O5/c1-38-29-24(30(37)36-21-3-2-4-22(36)17-40-16-21)6-8-27(35-29)34-28-14-25(32-18-33-28)19-5-7-26(20(13-19)15-31)41-23-9-11-39-12-10-23/h5-8,13-14,18,21-23H,2-4,9-12,16-17H2,1H3,(H,32,33,34,35). The number of nitriles is 1. The number of hydrogen-bond acceptors (Lipinski definition) is 10. The van der Waals surface area contributed by atoms with E-state index in [1.165, 1.54) is 13.4 Å². The molecule has 2 bridgehead atoms. The van der Waals surface area contributed by atoms with Gasteiger partial charge >= 0.3 is 0 Å². The Labute approximate surface area is 238 Å². The lowest BCUT2D eigenvalue weighted by Crippen LogP contribution is -2.57. The van der Waals surface area contributed by atoms with Gasteiger partial charge in [-0.15, -0.1) is 0 Å². The van der Waals surface area contributed by atoms with Gasteiger partial charge in [0.25, 0.3) is 5.91 Å². The van der Waals surface area contributed by atoms with Gasteiger partial charge < -0.3 is 29.2 Å². The zero-order valence-corrected chi connectivity index (χ0v) is 22.9. The van der Waals surface area contributed by atoms with Crippen molar-refractivity contribution in [3.8, 4) is 29.0 Å². The third-order valence-corrected chi connectivity index (χ3v) is 7.78. The summed E-state index contributed by atoms with van der Waals surface area (Å²) in [5, 5.41) is 12.9. The maximum atomic E-state index is 13.5. The van der Waals surface area contributed by atoms with Crippen molar-refractivity contribution in [1.29, 1.82) is 5.26 Å². The van der Waals surface area contributed by atoms with E-state index in [9.17, 15) is 10.1 Å². The van der Waals surface area contributed by atoms with Gasteiger partial charge in [0, 0.05) is 24.5 Å². The molecule has 2 unspecified atom stereocenters. The van der Waals surface area contributed by atoms with Gasteiger partial charge in [0.05, 0.1) is 56.9 Å². The smallest absolute Gasteiger partial charge is 0.260 e. The van der Waals surface area contributed by atoms with Crippen molar-refractivity contribution in [2.75, 3.05) is 38.9 Å². The second-order valence-electron chi connectivity index (χ2n) is 10.4. The second-order valence-corrected chi connectivity index (χ2v) is 10.4. The van der Waals surface area contributed by atoms with Gasteiger partial charge in [0.1, 0.15) is 41.4 Å². The van der Waals surface area contributed by atoms with Crippen LogP contribution in [0.5, 0.6) is 11.6 Å².